The smallest absolute Gasteiger partial charge is 0.227 e. The Morgan fingerprint density at radius 1 is 1.04 bits per heavy atom. The first-order valence-electron chi connectivity index (χ1n) is 10.9. The maximum Gasteiger partial charge on any atom is 0.227 e. The van der Waals surface area contributed by atoms with E-state index in [0.29, 0.717) is 18.7 Å². The summed E-state index contributed by atoms with van der Waals surface area (Å²) in [6.45, 7) is 16.0. The van der Waals surface area contributed by atoms with Crippen molar-refractivity contribution in [2.24, 2.45) is 5.92 Å². The molecule has 0 spiro atoms. The van der Waals surface area contributed by atoms with Crippen molar-refractivity contribution in [2.45, 2.75) is 65.3 Å². The molecule has 3 heterocycles. The Labute approximate surface area is 163 Å². The molecular formula is C20H36N6O. The Balaban J connectivity index is 1.39. The van der Waals surface area contributed by atoms with Gasteiger partial charge < -0.3 is 9.64 Å². The second-order valence-corrected chi connectivity index (χ2v) is 8.66. The molecule has 0 amide bonds. The number of hydrogen-bond acceptors (Lipinski definition) is 6. The fourth-order valence-electron chi connectivity index (χ4n) is 4.45. The molecule has 1 aromatic heterocycles. The summed E-state index contributed by atoms with van der Waals surface area (Å²) >= 11 is 0. The summed E-state index contributed by atoms with van der Waals surface area (Å²) in [5, 5.41) is 9.05. The van der Waals surface area contributed by atoms with Gasteiger partial charge in [-0.3, -0.25) is 14.4 Å². The standard InChI is InChI=1S/C20H36N6O/c1-4-27-15-19-21-22-20(26(19)13-17-5-6-17)25-8-7-18(14-25)24-11-9-23(10-12-24)16(2)3/h16-18H,4-15H2,1-3H3. The second-order valence-electron chi connectivity index (χ2n) is 8.66. The minimum atomic E-state index is 0.574. The van der Waals surface area contributed by atoms with Crippen molar-refractivity contribution in [3.8, 4) is 0 Å². The van der Waals surface area contributed by atoms with Crippen LogP contribution in [0.3, 0.4) is 0 Å². The molecule has 2 aliphatic heterocycles. The third-order valence-electron chi connectivity index (χ3n) is 6.42. The van der Waals surface area contributed by atoms with Crippen LogP contribution < -0.4 is 4.90 Å². The van der Waals surface area contributed by atoms with E-state index in [2.05, 4.69) is 43.3 Å². The van der Waals surface area contributed by atoms with Gasteiger partial charge in [0.25, 0.3) is 0 Å². The van der Waals surface area contributed by atoms with Crippen LogP contribution in [-0.2, 0) is 17.9 Å². The number of nitrogens with zero attached hydrogens (tertiary/aromatic N) is 6. The van der Waals surface area contributed by atoms with Crippen LogP contribution in [0.5, 0.6) is 0 Å². The van der Waals surface area contributed by atoms with E-state index in [9.17, 15) is 0 Å². The van der Waals surface area contributed by atoms with E-state index < -0.39 is 0 Å². The topological polar surface area (TPSA) is 49.7 Å². The lowest BCUT2D eigenvalue weighted by atomic mass is 10.1. The van der Waals surface area contributed by atoms with E-state index >= 15 is 0 Å². The fourth-order valence-corrected chi connectivity index (χ4v) is 4.45. The number of hydrogen-bond donors (Lipinski definition) is 0. The first kappa shape index (κ1) is 19.2. The molecule has 1 aliphatic carbocycles. The number of rotatable bonds is 8. The van der Waals surface area contributed by atoms with E-state index in [4.69, 9.17) is 4.74 Å². The van der Waals surface area contributed by atoms with Gasteiger partial charge in [-0.15, -0.1) is 10.2 Å². The largest absolute Gasteiger partial charge is 0.374 e. The summed E-state index contributed by atoms with van der Waals surface area (Å²) in [6, 6.07) is 1.32. The highest BCUT2D eigenvalue weighted by Gasteiger charge is 2.34. The molecule has 7 heteroatoms. The van der Waals surface area contributed by atoms with Crippen LogP contribution in [0, 0.1) is 5.92 Å². The minimum absolute atomic E-state index is 0.574. The Kier molecular flexibility index (Phi) is 5.99. The molecule has 152 valence electrons. The number of piperazine rings is 1. The predicted molar refractivity (Wildman–Crippen MR) is 107 cm³/mol. The Morgan fingerprint density at radius 2 is 1.81 bits per heavy atom. The van der Waals surface area contributed by atoms with Crippen LogP contribution in [0.25, 0.3) is 0 Å². The molecule has 0 bridgehead atoms. The summed E-state index contributed by atoms with van der Waals surface area (Å²) in [5.41, 5.74) is 0. The zero-order chi connectivity index (χ0) is 18.8. The van der Waals surface area contributed by atoms with E-state index in [-0.39, 0.29) is 0 Å². The molecule has 2 saturated heterocycles. The predicted octanol–water partition coefficient (Wildman–Crippen LogP) is 1.83. The van der Waals surface area contributed by atoms with E-state index in [1.165, 1.54) is 45.4 Å². The van der Waals surface area contributed by atoms with Crippen molar-refractivity contribution in [1.29, 1.82) is 0 Å². The minimum Gasteiger partial charge on any atom is -0.374 e. The van der Waals surface area contributed by atoms with Crippen LogP contribution in [0.2, 0.25) is 0 Å². The van der Waals surface area contributed by atoms with E-state index in [1.807, 2.05) is 6.92 Å². The molecule has 7 nitrogen and oxygen atoms in total. The molecule has 3 aliphatic rings. The summed E-state index contributed by atoms with van der Waals surface area (Å²) in [7, 11) is 0. The molecular weight excluding hydrogens is 340 g/mol. The van der Waals surface area contributed by atoms with Gasteiger partial charge in [0.15, 0.2) is 5.82 Å². The van der Waals surface area contributed by atoms with Gasteiger partial charge in [-0.2, -0.15) is 0 Å². The van der Waals surface area contributed by atoms with Gasteiger partial charge in [0.05, 0.1) is 0 Å². The molecule has 27 heavy (non-hydrogen) atoms. The Bertz CT molecular complexity index is 606. The van der Waals surface area contributed by atoms with Gasteiger partial charge in [0.1, 0.15) is 6.61 Å². The maximum atomic E-state index is 5.63. The molecule has 1 unspecified atom stereocenters. The van der Waals surface area contributed by atoms with Gasteiger partial charge in [-0.1, -0.05) is 0 Å². The zero-order valence-electron chi connectivity index (χ0n) is 17.3. The molecule has 0 N–H and O–H groups in total. The molecule has 1 atom stereocenters. The zero-order valence-corrected chi connectivity index (χ0v) is 17.3. The third-order valence-corrected chi connectivity index (χ3v) is 6.42. The fraction of sp³-hybridized carbons (Fsp3) is 0.900. The lowest BCUT2D eigenvalue weighted by molar-refractivity contribution is 0.0842. The van der Waals surface area contributed by atoms with Crippen molar-refractivity contribution in [3.63, 3.8) is 0 Å². The third kappa shape index (κ3) is 4.46. The molecule has 1 aromatic rings. The van der Waals surface area contributed by atoms with Crippen molar-refractivity contribution in [3.05, 3.63) is 5.82 Å². The highest BCUT2D eigenvalue weighted by Crippen LogP contribution is 2.33. The van der Waals surface area contributed by atoms with Crippen molar-refractivity contribution in [2.75, 3.05) is 50.8 Å². The lowest BCUT2D eigenvalue weighted by Gasteiger charge is -2.39. The monoisotopic (exact) mass is 376 g/mol. The van der Waals surface area contributed by atoms with Crippen molar-refractivity contribution >= 4 is 5.95 Å². The SMILES string of the molecule is CCOCc1nnc(N2CCC(N3CCN(C(C)C)CC3)C2)n1CC1CC1. The normalized spacial score (nSPS) is 25.0. The lowest BCUT2D eigenvalue weighted by Crippen LogP contribution is -2.52. The van der Waals surface area contributed by atoms with Gasteiger partial charge in [0.2, 0.25) is 5.95 Å². The van der Waals surface area contributed by atoms with E-state index in [0.717, 1.165) is 43.9 Å². The van der Waals surface area contributed by atoms with Crippen LogP contribution >= 0.6 is 0 Å². The van der Waals surface area contributed by atoms with Gasteiger partial charge in [0, 0.05) is 64.5 Å². The van der Waals surface area contributed by atoms with Crippen molar-refractivity contribution < 1.29 is 4.74 Å². The van der Waals surface area contributed by atoms with E-state index in [1.54, 1.807) is 0 Å². The first-order chi connectivity index (χ1) is 13.2. The summed E-state index contributed by atoms with van der Waals surface area (Å²) < 4.78 is 7.97. The first-order valence-corrected chi connectivity index (χ1v) is 10.9. The van der Waals surface area contributed by atoms with Crippen LogP contribution in [0.1, 0.15) is 45.9 Å². The average molecular weight is 377 g/mol. The Morgan fingerprint density at radius 3 is 2.48 bits per heavy atom. The van der Waals surface area contributed by atoms with Gasteiger partial charge in [-0.25, -0.2) is 0 Å². The second kappa shape index (κ2) is 8.45. The molecule has 4 rings (SSSR count). The van der Waals surface area contributed by atoms with Gasteiger partial charge in [-0.05, 0) is 46.0 Å². The van der Waals surface area contributed by atoms with Gasteiger partial charge >= 0.3 is 0 Å². The average Bonchev–Trinajstić information content (AvgIpc) is 3.21. The molecule has 1 saturated carbocycles. The molecule has 0 aromatic carbocycles. The highest BCUT2D eigenvalue weighted by atomic mass is 16.5. The highest BCUT2D eigenvalue weighted by molar-refractivity contribution is 5.34. The quantitative estimate of drug-likeness (QED) is 0.690. The Hall–Kier alpha value is -1.18. The van der Waals surface area contributed by atoms with Crippen LogP contribution in [0.15, 0.2) is 0 Å². The number of aromatic nitrogens is 3. The van der Waals surface area contributed by atoms with Crippen LogP contribution in [-0.4, -0.2) is 82.5 Å². The van der Waals surface area contributed by atoms with Crippen molar-refractivity contribution in [1.82, 2.24) is 24.6 Å². The summed E-state index contributed by atoms with van der Waals surface area (Å²) in [6.07, 6.45) is 3.92. The molecule has 3 fully saturated rings. The number of ether oxygens (including phenoxy) is 1. The summed E-state index contributed by atoms with van der Waals surface area (Å²) in [4.78, 5) is 7.75. The molecule has 0 radical (unpaired) electrons. The number of anilines is 1. The summed E-state index contributed by atoms with van der Waals surface area (Å²) in [5.74, 6) is 2.87. The van der Waals surface area contributed by atoms with Crippen LogP contribution in [0.4, 0.5) is 5.95 Å². The maximum absolute atomic E-state index is 5.63.